The first-order valence-electron chi connectivity index (χ1n) is 10.7. The molecule has 168 valence electrons. The average molecular weight is 460 g/mol. The number of carbonyl (C=O) groups is 1. The number of aryl methyl sites for hydroxylation is 1. The number of ether oxygens (including phenoxy) is 2. The fourth-order valence-electron chi connectivity index (χ4n) is 3.41. The van der Waals surface area contributed by atoms with Gasteiger partial charge in [-0.15, -0.1) is 11.3 Å². The lowest BCUT2D eigenvalue weighted by atomic mass is 10.1. The molecular weight excluding hydrogens is 434 g/mol. The van der Waals surface area contributed by atoms with Crippen LogP contribution in [-0.4, -0.2) is 29.6 Å². The molecule has 2 aromatic heterocycles. The highest BCUT2D eigenvalue weighted by Crippen LogP contribution is 2.30. The Balaban J connectivity index is 1.39. The molecule has 0 spiro atoms. The molecule has 0 bridgehead atoms. The van der Waals surface area contributed by atoms with Gasteiger partial charge in [-0.1, -0.05) is 18.2 Å². The highest BCUT2D eigenvalue weighted by Gasteiger charge is 2.10. The van der Waals surface area contributed by atoms with E-state index in [1.807, 2.05) is 66.9 Å². The number of benzene rings is 2. The Kier molecular flexibility index (Phi) is 7.32. The lowest BCUT2D eigenvalue weighted by Crippen LogP contribution is -2.12. The van der Waals surface area contributed by atoms with E-state index in [2.05, 4.69) is 10.3 Å². The molecule has 2 aromatic carbocycles. The van der Waals surface area contributed by atoms with Gasteiger partial charge in [-0.05, 0) is 55.3 Å². The van der Waals surface area contributed by atoms with Crippen LogP contribution in [0.1, 0.15) is 18.9 Å². The number of nitrogens with zero attached hydrogens (tertiary/aromatic N) is 2. The van der Waals surface area contributed by atoms with Crippen LogP contribution in [-0.2, 0) is 11.2 Å². The number of amides is 1. The molecular formula is C26H25N3O3S. The van der Waals surface area contributed by atoms with Crippen molar-refractivity contribution in [1.29, 1.82) is 0 Å². The molecule has 0 saturated carbocycles. The van der Waals surface area contributed by atoms with Crippen molar-refractivity contribution in [3.05, 3.63) is 77.9 Å². The lowest BCUT2D eigenvalue weighted by Gasteiger charge is -2.11. The maximum absolute atomic E-state index is 12.6. The van der Waals surface area contributed by atoms with Crippen molar-refractivity contribution in [2.24, 2.45) is 0 Å². The molecule has 7 heteroatoms. The molecule has 0 radical (unpaired) electrons. The number of nitrogens with one attached hydrogen (secondary N) is 1. The Labute approximate surface area is 197 Å². The van der Waals surface area contributed by atoms with Crippen LogP contribution in [0.4, 0.5) is 5.69 Å². The van der Waals surface area contributed by atoms with E-state index in [0.717, 1.165) is 33.1 Å². The number of aromatic nitrogens is 2. The van der Waals surface area contributed by atoms with E-state index >= 15 is 0 Å². The predicted octanol–water partition coefficient (Wildman–Crippen LogP) is 5.85. The van der Waals surface area contributed by atoms with Crippen LogP contribution >= 0.6 is 11.3 Å². The molecule has 0 saturated heterocycles. The van der Waals surface area contributed by atoms with E-state index in [1.165, 1.54) is 0 Å². The number of rotatable bonds is 9. The molecule has 0 atom stereocenters. The van der Waals surface area contributed by atoms with Crippen molar-refractivity contribution in [2.75, 3.05) is 19.0 Å². The van der Waals surface area contributed by atoms with Crippen LogP contribution in [0.3, 0.4) is 0 Å². The van der Waals surface area contributed by atoms with Gasteiger partial charge in [0.15, 0.2) is 11.5 Å². The van der Waals surface area contributed by atoms with E-state index in [0.29, 0.717) is 30.9 Å². The minimum absolute atomic E-state index is 0.0456. The normalized spacial score (nSPS) is 10.6. The molecule has 4 rings (SSSR count). The number of hydrogen-bond acceptors (Lipinski definition) is 6. The number of hydrogen-bond donors (Lipinski definition) is 1. The minimum Gasteiger partial charge on any atom is -0.493 e. The second-order valence-corrected chi connectivity index (χ2v) is 8.18. The smallest absolute Gasteiger partial charge is 0.224 e. The van der Waals surface area contributed by atoms with Gasteiger partial charge in [0.2, 0.25) is 5.91 Å². The van der Waals surface area contributed by atoms with Gasteiger partial charge in [-0.2, -0.15) is 0 Å². The molecule has 4 aromatic rings. The molecule has 0 fully saturated rings. The summed E-state index contributed by atoms with van der Waals surface area (Å²) < 4.78 is 10.9. The quantitative estimate of drug-likeness (QED) is 0.340. The van der Waals surface area contributed by atoms with E-state index in [-0.39, 0.29) is 5.91 Å². The van der Waals surface area contributed by atoms with Gasteiger partial charge < -0.3 is 14.8 Å². The first-order valence-corrected chi connectivity index (χ1v) is 11.6. The summed E-state index contributed by atoms with van der Waals surface area (Å²) in [6.07, 6.45) is 4.49. The summed E-state index contributed by atoms with van der Waals surface area (Å²) in [4.78, 5) is 21.4. The summed E-state index contributed by atoms with van der Waals surface area (Å²) in [6, 6.07) is 17.4. The van der Waals surface area contributed by atoms with Crippen molar-refractivity contribution < 1.29 is 14.3 Å². The molecule has 33 heavy (non-hydrogen) atoms. The average Bonchev–Trinajstić information content (AvgIpc) is 3.35. The largest absolute Gasteiger partial charge is 0.493 e. The Morgan fingerprint density at radius 3 is 2.67 bits per heavy atom. The third-order valence-corrected chi connectivity index (χ3v) is 5.93. The van der Waals surface area contributed by atoms with E-state index < -0.39 is 0 Å². The van der Waals surface area contributed by atoms with Crippen LogP contribution in [0.15, 0.2) is 72.4 Å². The minimum atomic E-state index is -0.0456. The zero-order chi connectivity index (χ0) is 23.0. The van der Waals surface area contributed by atoms with E-state index in [1.54, 1.807) is 30.8 Å². The van der Waals surface area contributed by atoms with Gasteiger partial charge in [0.05, 0.1) is 19.4 Å². The fraction of sp³-hybridized carbons (Fsp3) is 0.192. The highest BCUT2D eigenvalue weighted by atomic mass is 32.1. The highest BCUT2D eigenvalue weighted by molar-refractivity contribution is 7.13. The monoisotopic (exact) mass is 459 g/mol. The van der Waals surface area contributed by atoms with Crippen molar-refractivity contribution in [3.8, 4) is 33.3 Å². The summed E-state index contributed by atoms with van der Waals surface area (Å²) in [5.74, 6) is 1.34. The zero-order valence-corrected chi connectivity index (χ0v) is 19.4. The molecule has 0 unspecified atom stereocenters. The lowest BCUT2D eigenvalue weighted by molar-refractivity contribution is -0.116. The van der Waals surface area contributed by atoms with Gasteiger partial charge in [0, 0.05) is 41.0 Å². The first kappa shape index (κ1) is 22.5. The number of methoxy groups -OCH3 is 1. The van der Waals surface area contributed by atoms with E-state index in [9.17, 15) is 4.79 Å². The Bertz CT molecular complexity index is 1220. The van der Waals surface area contributed by atoms with Crippen molar-refractivity contribution in [1.82, 2.24) is 9.97 Å². The third kappa shape index (κ3) is 5.75. The molecule has 1 N–H and O–H groups in total. The van der Waals surface area contributed by atoms with E-state index in [4.69, 9.17) is 14.5 Å². The molecule has 0 aliphatic heterocycles. The van der Waals surface area contributed by atoms with Crippen molar-refractivity contribution >= 4 is 22.9 Å². The molecule has 2 heterocycles. The van der Waals surface area contributed by atoms with Crippen molar-refractivity contribution in [3.63, 3.8) is 0 Å². The predicted molar refractivity (Wildman–Crippen MR) is 132 cm³/mol. The fourth-order valence-corrected chi connectivity index (χ4v) is 4.25. The van der Waals surface area contributed by atoms with Crippen LogP contribution < -0.4 is 14.8 Å². The standard InChI is InChI=1S/C26H25N3O3S/c1-3-32-23-9-7-18(15-24(23)31-2)8-10-25(30)28-21-6-4-5-20(16-21)22-17-33-26(29-22)19-11-13-27-14-12-19/h4-7,9,11-17H,3,8,10H2,1-2H3,(H,28,30). The van der Waals surface area contributed by atoms with Crippen LogP contribution in [0.5, 0.6) is 11.5 Å². The number of thiazole rings is 1. The number of anilines is 1. The van der Waals surface area contributed by atoms with Gasteiger partial charge in [0.1, 0.15) is 5.01 Å². The van der Waals surface area contributed by atoms with Gasteiger partial charge in [-0.25, -0.2) is 4.98 Å². The third-order valence-electron chi connectivity index (χ3n) is 5.04. The number of pyridine rings is 1. The van der Waals surface area contributed by atoms with Gasteiger partial charge in [0.25, 0.3) is 0 Å². The molecule has 6 nitrogen and oxygen atoms in total. The maximum atomic E-state index is 12.6. The van der Waals surface area contributed by atoms with Gasteiger partial charge >= 0.3 is 0 Å². The number of carbonyl (C=O) groups excluding carboxylic acids is 1. The summed E-state index contributed by atoms with van der Waals surface area (Å²) in [5, 5.41) is 5.96. The summed E-state index contributed by atoms with van der Waals surface area (Å²) in [7, 11) is 1.61. The van der Waals surface area contributed by atoms with Gasteiger partial charge in [-0.3, -0.25) is 9.78 Å². The Hall–Kier alpha value is -3.71. The topological polar surface area (TPSA) is 73.3 Å². The second kappa shape index (κ2) is 10.7. The molecule has 1 amide bonds. The Morgan fingerprint density at radius 2 is 1.88 bits per heavy atom. The summed E-state index contributed by atoms with van der Waals surface area (Å²) in [5.41, 5.74) is 4.65. The zero-order valence-electron chi connectivity index (χ0n) is 18.6. The summed E-state index contributed by atoms with van der Waals surface area (Å²) in [6.45, 7) is 2.50. The molecule has 0 aliphatic carbocycles. The van der Waals surface area contributed by atoms with Crippen LogP contribution in [0, 0.1) is 0 Å². The van der Waals surface area contributed by atoms with Crippen LogP contribution in [0.2, 0.25) is 0 Å². The summed E-state index contributed by atoms with van der Waals surface area (Å²) >= 11 is 1.58. The Morgan fingerprint density at radius 1 is 1.03 bits per heavy atom. The second-order valence-electron chi connectivity index (χ2n) is 7.32. The first-order chi connectivity index (χ1) is 16.2. The molecule has 0 aliphatic rings. The van der Waals surface area contributed by atoms with Crippen LogP contribution in [0.25, 0.3) is 21.8 Å². The van der Waals surface area contributed by atoms with Crippen molar-refractivity contribution in [2.45, 2.75) is 19.8 Å². The maximum Gasteiger partial charge on any atom is 0.224 e. The SMILES string of the molecule is CCOc1ccc(CCC(=O)Nc2cccc(-c3csc(-c4ccncc4)n3)c2)cc1OC.